The Kier molecular flexibility index (Phi) is 4.61. The van der Waals surface area contributed by atoms with E-state index in [1.165, 1.54) is 42.9 Å². The number of nitriles is 1. The topological polar surface area (TPSA) is 99.1 Å². The Morgan fingerprint density at radius 1 is 1.15 bits per heavy atom. The largest absolute Gasteiger partial charge is 0.497 e. The number of piperidine rings is 1. The molecule has 0 saturated carbocycles. The normalized spacial score (nSPS) is 22.7. The highest BCUT2D eigenvalue weighted by Gasteiger charge is 2.44. The molecule has 0 amide bonds. The van der Waals surface area contributed by atoms with E-state index in [0.29, 0.717) is 46.7 Å². The number of benzene rings is 1. The van der Waals surface area contributed by atoms with Crippen molar-refractivity contribution in [2.75, 3.05) is 31.6 Å². The summed E-state index contributed by atoms with van der Waals surface area (Å²) in [6.07, 6.45) is 5.37. The third-order valence-corrected chi connectivity index (χ3v) is 6.93. The highest BCUT2D eigenvalue weighted by Crippen LogP contribution is 2.37. The summed E-state index contributed by atoms with van der Waals surface area (Å²) in [5, 5.41) is 24.2. The molecule has 9 heteroatoms. The van der Waals surface area contributed by atoms with Gasteiger partial charge < -0.3 is 19.5 Å². The molecule has 3 fully saturated rings. The minimum absolute atomic E-state index is 0.0576. The highest BCUT2D eigenvalue weighted by atomic mass is 16.5. The number of methoxy groups -OCH3 is 1. The Morgan fingerprint density at radius 2 is 1.95 bits per heavy atom. The van der Waals surface area contributed by atoms with Crippen molar-refractivity contribution in [1.29, 1.82) is 5.26 Å². The SMILES string of the molecule is [2H]C([2H])([2H])Oc1ccc(C([2H])([2H])N2C3CC2CN(c2ccc(-c4cc(OC([2H])([2H])C(C)(C)O)cn5ncc(C#N)c45)cn2)C3)cc1. The molecule has 3 aromatic heterocycles. The van der Waals surface area contributed by atoms with Gasteiger partial charge in [-0.15, -0.1) is 0 Å². The molecule has 3 aliphatic rings. The van der Waals surface area contributed by atoms with Gasteiger partial charge in [0.1, 0.15) is 29.9 Å². The Bertz CT molecular complexity index is 1790. The number of pyridine rings is 2. The maximum absolute atomic E-state index is 10.3. The number of nitrogens with zero attached hydrogens (tertiary/aromatic N) is 6. The lowest BCUT2D eigenvalue weighted by Crippen LogP contribution is -2.68. The first-order valence-corrected chi connectivity index (χ1v) is 12.6. The summed E-state index contributed by atoms with van der Waals surface area (Å²) >= 11 is 0. The quantitative estimate of drug-likeness (QED) is 0.366. The number of fused-ring (bicyclic) bond motifs is 3. The van der Waals surface area contributed by atoms with Crippen LogP contribution in [0.15, 0.2) is 61.1 Å². The van der Waals surface area contributed by atoms with Crippen molar-refractivity contribution in [2.24, 2.45) is 0 Å². The van der Waals surface area contributed by atoms with Crippen LogP contribution in [-0.4, -0.2) is 69.0 Å². The maximum Gasteiger partial charge on any atom is 0.138 e. The van der Waals surface area contributed by atoms with Gasteiger partial charge in [0.25, 0.3) is 0 Å². The number of hydrogen-bond acceptors (Lipinski definition) is 8. The second-order valence-corrected chi connectivity index (χ2v) is 10.3. The maximum atomic E-state index is 10.3. The van der Waals surface area contributed by atoms with E-state index in [4.69, 9.17) is 24.1 Å². The van der Waals surface area contributed by atoms with Gasteiger partial charge in [0, 0.05) is 51.7 Å². The van der Waals surface area contributed by atoms with Crippen LogP contribution in [0.3, 0.4) is 0 Å². The number of hydrogen-bond donors (Lipinski definition) is 1. The minimum Gasteiger partial charge on any atom is -0.497 e. The average Bonchev–Trinajstić information content (AvgIpc) is 3.38. The van der Waals surface area contributed by atoms with Crippen molar-refractivity contribution in [3.8, 4) is 28.7 Å². The highest BCUT2D eigenvalue weighted by molar-refractivity contribution is 5.85. The van der Waals surface area contributed by atoms with Crippen molar-refractivity contribution >= 4 is 11.3 Å². The monoisotopic (exact) mass is 531 g/mol. The first-order chi connectivity index (χ1) is 21.5. The van der Waals surface area contributed by atoms with Gasteiger partial charge in [-0.25, -0.2) is 9.50 Å². The van der Waals surface area contributed by atoms with Crippen LogP contribution < -0.4 is 14.4 Å². The zero-order valence-electron chi connectivity index (χ0n) is 28.5. The Hall–Kier alpha value is -4.13. The second-order valence-electron chi connectivity index (χ2n) is 10.3. The molecule has 0 radical (unpaired) electrons. The minimum atomic E-state index is -2.58. The molecule has 2 atom stereocenters. The van der Waals surface area contributed by atoms with Gasteiger partial charge in [0.2, 0.25) is 0 Å². The lowest BCUT2D eigenvalue weighted by Gasteiger charge is -2.56. The molecule has 2 bridgehead atoms. The van der Waals surface area contributed by atoms with E-state index < -0.39 is 25.7 Å². The van der Waals surface area contributed by atoms with Crippen LogP contribution >= 0.6 is 0 Å². The Balaban J connectivity index is 1.21. The van der Waals surface area contributed by atoms with E-state index in [-0.39, 0.29) is 23.6 Å². The Morgan fingerprint density at radius 3 is 2.62 bits per heavy atom. The van der Waals surface area contributed by atoms with E-state index in [1.807, 2.05) is 17.0 Å². The Labute approximate surface area is 237 Å². The van der Waals surface area contributed by atoms with E-state index in [1.54, 1.807) is 24.4 Å². The zero-order valence-corrected chi connectivity index (χ0v) is 21.5. The van der Waals surface area contributed by atoms with Crippen molar-refractivity contribution in [3.63, 3.8) is 0 Å². The molecule has 3 saturated heterocycles. The van der Waals surface area contributed by atoms with E-state index in [0.717, 1.165) is 6.42 Å². The molecule has 3 aliphatic heterocycles. The first kappa shape index (κ1) is 18.2. The summed E-state index contributed by atoms with van der Waals surface area (Å²) < 4.78 is 67.8. The smallest absolute Gasteiger partial charge is 0.138 e. The molecule has 0 spiro atoms. The fourth-order valence-electron chi connectivity index (χ4n) is 5.10. The summed E-state index contributed by atoms with van der Waals surface area (Å²) in [5.41, 5.74) is 0.642. The molecule has 9 nitrogen and oxygen atoms in total. The van der Waals surface area contributed by atoms with Gasteiger partial charge in [-0.05, 0) is 56.2 Å². The molecular weight excluding hydrogens is 492 g/mol. The van der Waals surface area contributed by atoms with Gasteiger partial charge in [0.05, 0.1) is 43.0 Å². The predicted octanol–water partition coefficient (Wildman–Crippen LogP) is 3.89. The van der Waals surface area contributed by atoms with Crippen molar-refractivity contribution < 1.29 is 24.2 Å². The van der Waals surface area contributed by atoms with Crippen LogP contribution in [0, 0.1) is 11.3 Å². The zero-order chi connectivity index (χ0) is 33.2. The summed E-state index contributed by atoms with van der Waals surface area (Å²) in [7, 11) is -2.58. The number of aliphatic hydroxyl groups is 1. The van der Waals surface area contributed by atoms with Gasteiger partial charge in [-0.2, -0.15) is 10.4 Å². The third kappa shape index (κ3) is 5.01. The second kappa shape index (κ2) is 9.88. The number of rotatable bonds is 8. The summed E-state index contributed by atoms with van der Waals surface area (Å²) in [4.78, 5) is 8.66. The number of anilines is 1. The van der Waals surface area contributed by atoms with Crippen LogP contribution in [0.5, 0.6) is 11.5 Å². The van der Waals surface area contributed by atoms with E-state index in [9.17, 15) is 10.4 Å². The lowest BCUT2D eigenvalue weighted by molar-refractivity contribution is -0.00868. The lowest BCUT2D eigenvalue weighted by atomic mass is 9.86. The standard InChI is InChI=1S/C30H32N6O3/c1-30(2,37)19-39-26-11-27(29-22(12-31)14-33-36(29)18-26)21-6-9-28(32-13-21)34-16-23-10-24(17-34)35(23)15-20-4-7-25(38-3)8-5-20/h4-9,11,13-14,18,23-24,37H,10,15-17,19H2,1-3H3/i3D3,15D2,19D2. The van der Waals surface area contributed by atoms with Gasteiger partial charge in [0.15, 0.2) is 0 Å². The van der Waals surface area contributed by atoms with Gasteiger partial charge >= 0.3 is 0 Å². The molecular formula is C30H32N6O3. The molecule has 6 heterocycles. The number of aromatic nitrogens is 3. The molecule has 200 valence electrons. The number of ether oxygens (including phenoxy) is 2. The fourth-order valence-corrected chi connectivity index (χ4v) is 5.10. The van der Waals surface area contributed by atoms with Crippen molar-refractivity contribution in [3.05, 3.63) is 72.2 Å². The van der Waals surface area contributed by atoms with Crippen LogP contribution in [-0.2, 0) is 6.50 Å². The molecule has 1 aromatic carbocycles. The van der Waals surface area contributed by atoms with Crippen LogP contribution in [0.2, 0.25) is 0 Å². The number of piperazine rings is 1. The van der Waals surface area contributed by atoms with Crippen LogP contribution in [0.4, 0.5) is 5.82 Å². The van der Waals surface area contributed by atoms with Crippen LogP contribution in [0.1, 0.15) is 41.0 Å². The molecule has 39 heavy (non-hydrogen) atoms. The molecule has 4 aromatic rings. The fraction of sp³-hybridized carbons (Fsp3) is 0.367. The van der Waals surface area contributed by atoms with Gasteiger partial charge in [-0.1, -0.05) is 12.1 Å². The van der Waals surface area contributed by atoms with E-state index in [2.05, 4.69) is 16.1 Å². The van der Waals surface area contributed by atoms with Crippen LogP contribution in [0.25, 0.3) is 16.6 Å². The summed E-state index contributed by atoms with van der Waals surface area (Å²) in [5.74, 6) is 0.966. The molecule has 1 N–H and O–H groups in total. The van der Waals surface area contributed by atoms with Crippen molar-refractivity contribution in [2.45, 2.75) is 44.4 Å². The van der Waals surface area contributed by atoms with Crippen molar-refractivity contribution in [1.82, 2.24) is 19.5 Å². The molecule has 2 unspecified atom stereocenters. The van der Waals surface area contributed by atoms with E-state index >= 15 is 0 Å². The van der Waals surface area contributed by atoms with Gasteiger partial charge in [-0.3, -0.25) is 4.90 Å². The predicted molar refractivity (Wildman–Crippen MR) is 148 cm³/mol. The summed E-state index contributed by atoms with van der Waals surface area (Å²) in [6.45, 7) is -0.439. The molecule has 7 rings (SSSR count). The summed E-state index contributed by atoms with van der Waals surface area (Å²) in [6, 6.07) is 13.4. The first-order valence-electron chi connectivity index (χ1n) is 16.1. The third-order valence-electron chi connectivity index (χ3n) is 6.93. The average molecular weight is 532 g/mol. The molecule has 0 aliphatic carbocycles.